The van der Waals surface area contributed by atoms with Crippen LogP contribution in [0.4, 0.5) is 0 Å². The fourth-order valence-electron chi connectivity index (χ4n) is 8.23. The number of rotatable bonds is 4. The molecule has 0 amide bonds. The highest BCUT2D eigenvalue weighted by Crippen LogP contribution is 2.66. The molecule has 0 aromatic heterocycles. The Labute approximate surface area is 182 Å². The van der Waals surface area contributed by atoms with Crippen molar-refractivity contribution in [2.45, 2.75) is 84.8 Å². The van der Waals surface area contributed by atoms with E-state index in [1.54, 1.807) is 5.57 Å². The molecule has 7 atom stereocenters. The SMILES string of the molecule is CC(=O)[C@H]1CCC2C3CC=C4CC(OCc5ccccc5)CCC4(C)C3CCC21C. The first-order valence-electron chi connectivity index (χ1n) is 12.3. The van der Waals surface area contributed by atoms with Crippen LogP contribution in [-0.2, 0) is 16.1 Å². The Morgan fingerprint density at radius 3 is 2.60 bits per heavy atom. The Balaban J connectivity index is 1.30. The van der Waals surface area contributed by atoms with Gasteiger partial charge in [0.15, 0.2) is 0 Å². The van der Waals surface area contributed by atoms with Gasteiger partial charge in [0.2, 0.25) is 0 Å². The Bertz CT molecular complexity index is 826. The molecule has 1 aromatic rings. The maximum Gasteiger partial charge on any atom is 0.133 e. The number of carbonyl (C=O) groups is 1. The van der Waals surface area contributed by atoms with Crippen molar-refractivity contribution in [3.05, 3.63) is 47.5 Å². The third kappa shape index (κ3) is 3.22. The molecule has 4 aliphatic rings. The first kappa shape index (κ1) is 20.5. The second-order valence-electron chi connectivity index (χ2n) is 11.2. The van der Waals surface area contributed by atoms with E-state index in [1.807, 2.05) is 6.92 Å². The van der Waals surface area contributed by atoms with Crippen molar-refractivity contribution < 1.29 is 9.53 Å². The summed E-state index contributed by atoms with van der Waals surface area (Å²) in [6.45, 7) is 7.57. The molecule has 0 N–H and O–H groups in total. The summed E-state index contributed by atoms with van der Waals surface area (Å²) in [7, 11) is 0. The third-order valence-electron chi connectivity index (χ3n) is 9.88. The lowest BCUT2D eigenvalue weighted by Crippen LogP contribution is -2.51. The van der Waals surface area contributed by atoms with Gasteiger partial charge < -0.3 is 4.74 Å². The molecular weight excluding hydrogens is 368 g/mol. The lowest BCUT2D eigenvalue weighted by Gasteiger charge is -2.58. The number of benzene rings is 1. The van der Waals surface area contributed by atoms with Gasteiger partial charge in [-0.2, -0.15) is 0 Å². The zero-order valence-corrected chi connectivity index (χ0v) is 19.0. The van der Waals surface area contributed by atoms with Crippen LogP contribution >= 0.6 is 0 Å². The topological polar surface area (TPSA) is 26.3 Å². The normalized spacial score (nSPS) is 42.6. The van der Waals surface area contributed by atoms with Crippen molar-refractivity contribution in [2.24, 2.45) is 34.5 Å². The number of ketones is 1. The zero-order valence-electron chi connectivity index (χ0n) is 19.0. The number of carbonyl (C=O) groups excluding carboxylic acids is 1. The quantitative estimate of drug-likeness (QED) is 0.518. The van der Waals surface area contributed by atoms with Gasteiger partial charge in [0, 0.05) is 5.92 Å². The van der Waals surface area contributed by atoms with Gasteiger partial charge in [0.25, 0.3) is 0 Å². The summed E-state index contributed by atoms with van der Waals surface area (Å²) in [4.78, 5) is 12.3. The van der Waals surface area contributed by atoms with Crippen LogP contribution in [-0.4, -0.2) is 11.9 Å². The van der Waals surface area contributed by atoms with E-state index in [1.165, 1.54) is 44.1 Å². The zero-order chi connectivity index (χ0) is 20.9. The van der Waals surface area contributed by atoms with E-state index in [0.29, 0.717) is 23.2 Å². The second-order valence-corrected chi connectivity index (χ2v) is 11.2. The molecule has 2 nitrogen and oxygen atoms in total. The minimum atomic E-state index is 0.255. The number of fused-ring (bicyclic) bond motifs is 5. The summed E-state index contributed by atoms with van der Waals surface area (Å²) in [5.41, 5.74) is 3.56. The molecule has 6 unspecified atom stereocenters. The lowest BCUT2D eigenvalue weighted by molar-refractivity contribution is -0.127. The maximum atomic E-state index is 12.3. The predicted octanol–water partition coefficient (Wildman–Crippen LogP) is 6.74. The number of ether oxygens (including phenoxy) is 1. The summed E-state index contributed by atoms with van der Waals surface area (Å²) < 4.78 is 6.35. The Morgan fingerprint density at radius 1 is 1.03 bits per heavy atom. The molecule has 3 saturated carbocycles. The first-order valence-corrected chi connectivity index (χ1v) is 12.3. The van der Waals surface area contributed by atoms with Crippen molar-refractivity contribution in [1.29, 1.82) is 0 Å². The molecule has 0 aliphatic heterocycles. The predicted molar refractivity (Wildman–Crippen MR) is 121 cm³/mol. The van der Waals surface area contributed by atoms with Crippen LogP contribution in [0.3, 0.4) is 0 Å². The molecule has 3 fully saturated rings. The molecule has 4 aliphatic carbocycles. The van der Waals surface area contributed by atoms with Crippen LogP contribution in [0.25, 0.3) is 0 Å². The Kier molecular flexibility index (Phi) is 5.21. The van der Waals surface area contributed by atoms with Gasteiger partial charge in [-0.25, -0.2) is 0 Å². The monoisotopic (exact) mass is 406 g/mol. The molecule has 0 spiro atoms. The number of allylic oxidation sites excluding steroid dienone is 1. The molecule has 2 heteroatoms. The Morgan fingerprint density at radius 2 is 1.83 bits per heavy atom. The fraction of sp³-hybridized carbons (Fsp3) is 0.679. The summed E-state index contributed by atoms with van der Waals surface area (Å²) in [5.74, 6) is 3.07. The van der Waals surface area contributed by atoms with Crippen LogP contribution in [0.1, 0.15) is 77.7 Å². The number of hydrogen-bond acceptors (Lipinski definition) is 2. The van der Waals surface area contributed by atoms with E-state index in [-0.39, 0.29) is 5.41 Å². The van der Waals surface area contributed by atoms with Gasteiger partial charge in [-0.15, -0.1) is 0 Å². The molecule has 0 saturated heterocycles. The van der Waals surface area contributed by atoms with Crippen molar-refractivity contribution in [3.63, 3.8) is 0 Å². The van der Waals surface area contributed by atoms with Crippen LogP contribution < -0.4 is 0 Å². The van der Waals surface area contributed by atoms with Gasteiger partial charge in [-0.05, 0) is 92.4 Å². The van der Waals surface area contributed by atoms with Gasteiger partial charge >= 0.3 is 0 Å². The van der Waals surface area contributed by atoms with Crippen LogP contribution in [0.2, 0.25) is 0 Å². The van der Waals surface area contributed by atoms with E-state index in [4.69, 9.17) is 4.74 Å². The van der Waals surface area contributed by atoms with Gasteiger partial charge in [-0.1, -0.05) is 55.8 Å². The molecular formula is C28H38O2. The lowest BCUT2D eigenvalue weighted by atomic mass is 9.47. The van der Waals surface area contributed by atoms with E-state index < -0.39 is 0 Å². The van der Waals surface area contributed by atoms with Crippen molar-refractivity contribution in [3.8, 4) is 0 Å². The minimum absolute atomic E-state index is 0.255. The summed E-state index contributed by atoms with van der Waals surface area (Å²) in [5, 5.41) is 0. The van der Waals surface area contributed by atoms with Crippen molar-refractivity contribution >= 4 is 5.78 Å². The van der Waals surface area contributed by atoms with Gasteiger partial charge in [0.1, 0.15) is 5.78 Å². The first-order chi connectivity index (χ1) is 14.4. The van der Waals surface area contributed by atoms with E-state index in [9.17, 15) is 4.79 Å². The molecule has 162 valence electrons. The molecule has 5 rings (SSSR count). The van der Waals surface area contributed by atoms with Crippen molar-refractivity contribution in [2.75, 3.05) is 0 Å². The maximum absolute atomic E-state index is 12.3. The highest BCUT2D eigenvalue weighted by molar-refractivity contribution is 5.79. The van der Waals surface area contributed by atoms with Gasteiger partial charge in [-0.3, -0.25) is 4.79 Å². The Hall–Kier alpha value is -1.41. The van der Waals surface area contributed by atoms with E-state index in [2.05, 4.69) is 50.3 Å². The average molecular weight is 407 g/mol. The van der Waals surface area contributed by atoms with Crippen LogP contribution in [0, 0.1) is 34.5 Å². The van der Waals surface area contributed by atoms with E-state index >= 15 is 0 Å². The third-order valence-corrected chi connectivity index (χ3v) is 9.88. The van der Waals surface area contributed by atoms with Crippen LogP contribution in [0.15, 0.2) is 42.0 Å². The minimum Gasteiger partial charge on any atom is -0.373 e. The van der Waals surface area contributed by atoms with E-state index in [0.717, 1.165) is 37.2 Å². The van der Waals surface area contributed by atoms with Gasteiger partial charge in [0.05, 0.1) is 12.7 Å². The van der Waals surface area contributed by atoms with Crippen molar-refractivity contribution in [1.82, 2.24) is 0 Å². The molecule has 0 bridgehead atoms. The molecule has 0 radical (unpaired) electrons. The largest absolute Gasteiger partial charge is 0.373 e. The smallest absolute Gasteiger partial charge is 0.133 e. The highest BCUT2D eigenvalue weighted by Gasteiger charge is 2.59. The average Bonchev–Trinajstić information content (AvgIpc) is 3.10. The number of hydrogen-bond donors (Lipinski definition) is 0. The fourth-order valence-corrected chi connectivity index (χ4v) is 8.23. The standard InChI is InChI=1S/C28H38O2/c1-19(29)24-11-12-25-23-10-9-21-17-22(30-18-20-7-5-4-6-8-20)13-15-27(21,2)26(23)14-16-28(24,25)3/h4-9,22-26H,10-18H2,1-3H3/t22?,23?,24-,25?,26?,27?,28?/m1/s1. The molecule has 30 heavy (non-hydrogen) atoms. The second kappa shape index (κ2) is 7.62. The highest BCUT2D eigenvalue weighted by atomic mass is 16.5. The van der Waals surface area contributed by atoms with Crippen LogP contribution in [0.5, 0.6) is 0 Å². The number of Topliss-reactive ketones (excluding diaryl/α,β-unsaturated/α-hetero) is 1. The summed E-state index contributed by atoms with van der Waals surface area (Å²) in [6, 6.07) is 10.6. The summed E-state index contributed by atoms with van der Waals surface area (Å²) >= 11 is 0. The molecule has 0 heterocycles. The summed E-state index contributed by atoms with van der Waals surface area (Å²) in [6.07, 6.45) is 12.7. The molecule has 1 aromatic carbocycles.